The quantitative estimate of drug-likeness (QED) is 0.831. The van der Waals surface area contributed by atoms with Crippen molar-refractivity contribution in [2.75, 3.05) is 19.6 Å². The lowest BCUT2D eigenvalue weighted by Crippen LogP contribution is -2.57. The second kappa shape index (κ2) is 5.71. The Bertz CT molecular complexity index is 458. The molecule has 0 aromatic carbocycles. The molecule has 0 radical (unpaired) electrons. The Morgan fingerprint density at radius 1 is 1.37 bits per heavy atom. The van der Waals surface area contributed by atoms with Gasteiger partial charge in [0.15, 0.2) is 0 Å². The number of thiophene rings is 1. The molecular weight excluding hydrogens is 262 g/mol. The molecule has 1 aliphatic rings. The fourth-order valence-corrected chi connectivity index (χ4v) is 3.37. The molecule has 6 heteroatoms. The molecule has 104 valence electrons. The summed E-state index contributed by atoms with van der Waals surface area (Å²) in [6.07, 6.45) is 0. The van der Waals surface area contributed by atoms with Crippen molar-refractivity contribution in [3.63, 3.8) is 0 Å². The summed E-state index contributed by atoms with van der Waals surface area (Å²) < 4.78 is 0. The second-order valence-electron chi connectivity index (χ2n) is 4.70. The maximum Gasteiger partial charge on any atom is 0.312 e. The molecule has 2 amide bonds. The first-order valence-corrected chi connectivity index (χ1v) is 7.33. The van der Waals surface area contributed by atoms with Crippen molar-refractivity contribution in [3.05, 3.63) is 22.4 Å². The first kappa shape index (κ1) is 14.0. The summed E-state index contributed by atoms with van der Waals surface area (Å²) in [5.74, 6) is -0.861. The molecule has 1 fully saturated rings. The first-order chi connectivity index (χ1) is 9.06. The van der Waals surface area contributed by atoms with E-state index in [1.807, 2.05) is 31.4 Å². The molecule has 5 nitrogen and oxygen atoms in total. The topological polar surface area (TPSA) is 66.6 Å². The molecule has 0 saturated carbocycles. The number of rotatable bonds is 4. The van der Waals surface area contributed by atoms with Crippen LogP contribution in [0.25, 0.3) is 0 Å². The zero-order valence-corrected chi connectivity index (χ0v) is 12.0. The minimum atomic E-state index is -0.441. The van der Waals surface area contributed by atoms with Gasteiger partial charge in [-0.3, -0.25) is 9.59 Å². The van der Waals surface area contributed by atoms with Crippen LogP contribution in [0.3, 0.4) is 0 Å². The third-order valence-corrected chi connectivity index (χ3v) is 4.34. The fraction of sp³-hybridized carbons (Fsp3) is 0.538. The normalized spacial score (nSPS) is 19.7. The average Bonchev–Trinajstić information content (AvgIpc) is 2.88. The Balaban J connectivity index is 2.24. The third-order valence-electron chi connectivity index (χ3n) is 3.39. The lowest BCUT2D eigenvalue weighted by atomic mass is 10.1. The highest BCUT2D eigenvalue weighted by Gasteiger charge is 2.37. The van der Waals surface area contributed by atoms with E-state index < -0.39 is 11.8 Å². The van der Waals surface area contributed by atoms with E-state index in [4.69, 9.17) is 5.73 Å². The van der Waals surface area contributed by atoms with E-state index in [-0.39, 0.29) is 12.1 Å². The molecule has 2 rings (SSSR count). The van der Waals surface area contributed by atoms with Gasteiger partial charge in [0, 0.05) is 30.6 Å². The number of carbonyl (C=O) groups is 2. The standard InChI is InChI=1S/C13H19N3O2S/c1-3-15-6-7-16(13(18)12(15)17)11(9(2)14)10-5-4-8-19-10/h4-5,8-9,11H,3,6-7,14H2,1-2H3. The summed E-state index contributed by atoms with van der Waals surface area (Å²) in [7, 11) is 0. The predicted molar refractivity (Wildman–Crippen MR) is 74.7 cm³/mol. The smallest absolute Gasteiger partial charge is 0.312 e. The number of hydrogen-bond acceptors (Lipinski definition) is 4. The van der Waals surface area contributed by atoms with E-state index in [2.05, 4.69) is 0 Å². The van der Waals surface area contributed by atoms with Crippen molar-refractivity contribution < 1.29 is 9.59 Å². The van der Waals surface area contributed by atoms with Crippen LogP contribution < -0.4 is 5.73 Å². The number of likely N-dealkylation sites (N-methyl/N-ethyl adjacent to an activating group) is 1. The second-order valence-corrected chi connectivity index (χ2v) is 5.68. The number of nitrogens with zero attached hydrogens (tertiary/aromatic N) is 2. The molecule has 1 aliphatic heterocycles. The third kappa shape index (κ3) is 2.64. The largest absolute Gasteiger partial charge is 0.333 e. The van der Waals surface area contributed by atoms with Gasteiger partial charge in [-0.05, 0) is 25.3 Å². The van der Waals surface area contributed by atoms with Crippen LogP contribution in [-0.2, 0) is 9.59 Å². The van der Waals surface area contributed by atoms with Gasteiger partial charge in [-0.2, -0.15) is 0 Å². The lowest BCUT2D eigenvalue weighted by molar-refractivity contribution is -0.158. The number of carbonyl (C=O) groups excluding carboxylic acids is 2. The highest BCUT2D eigenvalue weighted by Crippen LogP contribution is 2.29. The Hall–Kier alpha value is -1.40. The summed E-state index contributed by atoms with van der Waals surface area (Å²) in [6, 6.07) is 3.48. The number of amides is 2. The van der Waals surface area contributed by atoms with E-state index in [1.165, 1.54) is 0 Å². The monoisotopic (exact) mass is 281 g/mol. The highest BCUT2D eigenvalue weighted by molar-refractivity contribution is 7.10. The van der Waals surface area contributed by atoms with Crippen molar-refractivity contribution in [2.45, 2.75) is 25.9 Å². The maximum absolute atomic E-state index is 12.2. The molecule has 1 saturated heterocycles. The Morgan fingerprint density at radius 2 is 2.11 bits per heavy atom. The van der Waals surface area contributed by atoms with Crippen LogP contribution in [-0.4, -0.2) is 47.3 Å². The Kier molecular flexibility index (Phi) is 4.21. The van der Waals surface area contributed by atoms with Crippen molar-refractivity contribution in [2.24, 2.45) is 5.73 Å². The summed E-state index contributed by atoms with van der Waals surface area (Å²) in [4.78, 5) is 28.4. The molecule has 2 unspecified atom stereocenters. The van der Waals surface area contributed by atoms with Crippen LogP contribution in [0, 0.1) is 0 Å². The van der Waals surface area contributed by atoms with Crippen LogP contribution in [0.4, 0.5) is 0 Å². The van der Waals surface area contributed by atoms with Gasteiger partial charge >= 0.3 is 11.8 Å². The van der Waals surface area contributed by atoms with Crippen LogP contribution in [0.15, 0.2) is 17.5 Å². The van der Waals surface area contributed by atoms with Gasteiger partial charge < -0.3 is 15.5 Å². The molecule has 0 spiro atoms. The first-order valence-electron chi connectivity index (χ1n) is 6.45. The Morgan fingerprint density at radius 3 is 2.63 bits per heavy atom. The van der Waals surface area contributed by atoms with Crippen LogP contribution in [0.5, 0.6) is 0 Å². The summed E-state index contributed by atoms with van der Waals surface area (Å²) in [6.45, 7) is 5.44. The molecular formula is C13H19N3O2S. The molecule has 1 aromatic rings. The molecule has 2 atom stereocenters. The predicted octanol–water partition coefficient (Wildman–Crippen LogP) is 0.827. The minimum Gasteiger partial charge on any atom is -0.333 e. The van der Waals surface area contributed by atoms with Gasteiger partial charge in [-0.15, -0.1) is 11.3 Å². The van der Waals surface area contributed by atoms with E-state index in [1.54, 1.807) is 21.1 Å². The van der Waals surface area contributed by atoms with Crippen LogP contribution in [0.2, 0.25) is 0 Å². The molecule has 0 bridgehead atoms. The highest BCUT2D eigenvalue weighted by atomic mass is 32.1. The van der Waals surface area contributed by atoms with Crippen molar-refractivity contribution in [1.82, 2.24) is 9.80 Å². The van der Waals surface area contributed by atoms with Gasteiger partial charge in [0.2, 0.25) is 0 Å². The maximum atomic E-state index is 12.2. The molecule has 1 aromatic heterocycles. The Labute approximate surface area is 117 Å². The van der Waals surface area contributed by atoms with E-state index in [0.717, 1.165) is 4.88 Å². The average molecular weight is 281 g/mol. The van der Waals surface area contributed by atoms with Gasteiger partial charge in [-0.1, -0.05) is 6.07 Å². The number of hydrogen-bond donors (Lipinski definition) is 1. The number of piperazine rings is 1. The summed E-state index contributed by atoms with van der Waals surface area (Å²) in [5.41, 5.74) is 6.02. The minimum absolute atomic E-state index is 0.205. The van der Waals surface area contributed by atoms with Crippen molar-refractivity contribution >= 4 is 23.2 Å². The number of nitrogens with two attached hydrogens (primary N) is 1. The lowest BCUT2D eigenvalue weighted by Gasteiger charge is -2.39. The zero-order valence-electron chi connectivity index (χ0n) is 11.2. The molecule has 2 N–H and O–H groups in total. The van der Waals surface area contributed by atoms with Gasteiger partial charge in [0.1, 0.15) is 0 Å². The van der Waals surface area contributed by atoms with Gasteiger partial charge in [0.25, 0.3) is 0 Å². The summed E-state index contributed by atoms with van der Waals surface area (Å²) in [5, 5.41) is 1.96. The van der Waals surface area contributed by atoms with Gasteiger partial charge in [-0.25, -0.2) is 0 Å². The van der Waals surface area contributed by atoms with Gasteiger partial charge in [0.05, 0.1) is 6.04 Å². The van der Waals surface area contributed by atoms with E-state index in [9.17, 15) is 9.59 Å². The zero-order chi connectivity index (χ0) is 14.0. The van der Waals surface area contributed by atoms with E-state index >= 15 is 0 Å². The molecule has 2 heterocycles. The van der Waals surface area contributed by atoms with Crippen LogP contribution >= 0.6 is 11.3 Å². The van der Waals surface area contributed by atoms with Crippen molar-refractivity contribution in [3.8, 4) is 0 Å². The fourth-order valence-electron chi connectivity index (χ4n) is 2.41. The van der Waals surface area contributed by atoms with Crippen molar-refractivity contribution in [1.29, 1.82) is 0 Å². The molecule has 19 heavy (non-hydrogen) atoms. The van der Waals surface area contributed by atoms with E-state index in [0.29, 0.717) is 19.6 Å². The summed E-state index contributed by atoms with van der Waals surface area (Å²) >= 11 is 1.56. The SMILES string of the molecule is CCN1CCN(C(c2cccs2)C(C)N)C(=O)C1=O. The van der Waals surface area contributed by atoms with Crippen LogP contribution in [0.1, 0.15) is 24.8 Å². The molecule has 0 aliphatic carbocycles.